The van der Waals surface area contributed by atoms with E-state index in [-0.39, 0.29) is 23.8 Å². The number of alkyl halides is 1. The smallest absolute Gasteiger partial charge is 0.274 e. The molecule has 7 heteroatoms. The Hall–Kier alpha value is -1.40. The number of nitrogens with one attached hydrogen (secondary N) is 1. The predicted octanol–water partition coefficient (Wildman–Crippen LogP) is 1.75. The van der Waals surface area contributed by atoms with Gasteiger partial charge >= 0.3 is 0 Å². The summed E-state index contributed by atoms with van der Waals surface area (Å²) in [6.45, 7) is 0.101. The van der Waals surface area contributed by atoms with Crippen LogP contribution in [0.5, 0.6) is 0 Å². The first-order chi connectivity index (χ1) is 7.52. The van der Waals surface area contributed by atoms with Crippen LogP contribution in [0, 0.1) is 15.9 Å². The van der Waals surface area contributed by atoms with Crippen molar-refractivity contribution in [1.82, 2.24) is 0 Å². The number of hydrogen-bond donors (Lipinski definition) is 2. The minimum Gasteiger partial charge on any atom is -0.390 e. The summed E-state index contributed by atoms with van der Waals surface area (Å²) in [4.78, 5) is 9.75. The molecule has 0 bridgehead atoms. The number of aliphatic hydroxyl groups excluding tert-OH is 1. The molecule has 0 saturated carbocycles. The van der Waals surface area contributed by atoms with E-state index in [9.17, 15) is 14.5 Å². The second-order valence-electron chi connectivity index (χ2n) is 3.14. The van der Waals surface area contributed by atoms with Crippen LogP contribution in [-0.4, -0.2) is 28.6 Å². The van der Waals surface area contributed by atoms with Crippen LogP contribution in [0.2, 0.25) is 0 Å². The summed E-state index contributed by atoms with van der Waals surface area (Å²) in [5.41, 5.74) is -0.112. The van der Waals surface area contributed by atoms with Gasteiger partial charge in [-0.1, -0.05) is 0 Å². The van der Waals surface area contributed by atoms with E-state index in [2.05, 4.69) is 5.32 Å². The largest absolute Gasteiger partial charge is 0.390 e. The Morgan fingerprint density at radius 1 is 1.56 bits per heavy atom. The van der Waals surface area contributed by atoms with Gasteiger partial charge in [0.25, 0.3) is 5.69 Å². The highest BCUT2D eigenvalue weighted by Crippen LogP contribution is 2.19. The first-order valence-corrected chi connectivity index (χ1v) is 4.99. The molecular weight excluding hydrogens is 239 g/mol. The Labute approximate surface area is 96.0 Å². The monoisotopic (exact) mass is 248 g/mol. The van der Waals surface area contributed by atoms with Crippen LogP contribution < -0.4 is 5.32 Å². The number of nitro groups is 1. The summed E-state index contributed by atoms with van der Waals surface area (Å²) in [5.74, 6) is -0.679. The van der Waals surface area contributed by atoms with Crippen LogP contribution in [-0.2, 0) is 0 Å². The van der Waals surface area contributed by atoms with Crippen LogP contribution >= 0.6 is 11.6 Å². The third kappa shape index (κ3) is 3.63. The Kier molecular flexibility index (Phi) is 4.45. The fraction of sp³-hybridized carbons (Fsp3) is 0.333. The van der Waals surface area contributed by atoms with Gasteiger partial charge in [0, 0.05) is 18.3 Å². The molecule has 0 amide bonds. The standard InChI is InChI=1S/C9H10ClFN2O3/c10-4-9(14)5-12-7-1-6(11)2-8(3-7)13(15)16/h1-3,9,12,14H,4-5H2. The molecule has 0 heterocycles. The lowest BCUT2D eigenvalue weighted by molar-refractivity contribution is -0.385. The number of benzene rings is 1. The van der Waals surface area contributed by atoms with Crippen LogP contribution in [0.3, 0.4) is 0 Å². The Morgan fingerprint density at radius 3 is 2.81 bits per heavy atom. The van der Waals surface area contributed by atoms with Gasteiger partial charge in [0.1, 0.15) is 5.82 Å². The summed E-state index contributed by atoms with van der Waals surface area (Å²) in [7, 11) is 0. The number of nitro benzene ring substituents is 1. The molecule has 1 aromatic rings. The average molecular weight is 249 g/mol. The number of aliphatic hydroxyl groups is 1. The summed E-state index contributed by atoms with van der Waals surface area (Å²) in [6, 6.07) is 3.11. The van der Waals surface area contributed by atoms with Crippen LogP contribution in [0.15, 0.2) is 18.2 Å². The number of anilines is 1. The Morgan fingerprint density at radius 2 is 2.25 bits per heavy atom. The van der Waals surface area contributed by atoms with E-state index in [1.165, 1.54) is 6.07 Å². The molecule has 1 rings (SSSR count). The maximum Gasteiger partial charge on any atom is 0.274 e. The number of nitrogens with zero attached hydrogens (tertiary/aromatic N) is 1. The van der Waals surface area contributed by atoms with E-state index in [4.69, 9.17) is 16.7 Å². The van der Waals surface area contributed by atoms with Gasteiger partial charge in [-0.3, -0.25) is 10.1 Å². The quantitative estimate of drug-likeness (QED) is 0.473. The molecule has 0 aliphatic carbocycles. The Bertz CT molecular complexity index is 389. The molecule has 1 atom stereocenters. The van der Waals surface area contributed by atoms with E-state index < -0.39 is 16.8 Å². The first-order valence-electron chi connectivity index (χ1n) is 4.46. The SMILES string of the molecule is O=[N+]([O-])c1cc(F)cc(NCC(O)CCl)c1. The van der Waals surface area contributed by atoms with Gasteiger partial charge in [-0.25, -0.2) is 4.39 Å². The first kappa shape index (κ1) is 12.7. The summed E-state index contributed by atoms with van der Waals surface area (Å²) in [5, 5.41) is 22.2. The van der Waals surface area contributed by atoms with Crippen LogP contribution in [0.25, 0.3) is 0 Å². The number of halogens is 2. The van der Waals surface area contributed by atoms with Gasteiger partial charge in [0.15, 0.2) is 0 Å². The average Bonchev–Trinajstić information content (AvgIpc) is 2.25. The molecule has 5 nitrogen and oxygen atoms in total. The van der Waals surface area contributed by atoms with Gasteiger partial charge in [0.05, 0.1) is 23.0 Å². The minimum absolute atomic E-state index is 0.0322. The van der Waals surface area contributed by atoms with Crippen molar-refractivity contribution in [2.24, 2.45) is 0 Å². The topological polar surface area (TPSA) is 75.4 Å². The van der Waals surface area contributed by atoms with Crippen molar-refractivity contribution in [2.45, 2.75) is 6.10 Å². The molecule has 0 saturated heterocycles. The van der Waals surface area contributed by atoms with Gasteiger partial charge in [-0.15, -0.1) is 11.6 Å². The number of non-ortho nitro benzene ring substituents is 1. The Balaban J connectivity index is 2.76. The molecular formula is C9H10ClFN2O3. The molecule has 1 aromatic carbocycles. The normalized spacial score (nSPS) is 12.2. The predicted molar refractivity (Wildman–Crippen MR) is 58.3 cm³/mol. The van der Waals surface area contributed by atoms with E-state index >= 15 is 0 Å². The molecule has 2 N–H and O–H groups in total. The third-order valence-electron chi connectivity index (χ3n) is 1.81. The minimum atomic E-state index is -0.788. The zero-order chi connectivity index (χ0) is 12.1. The maximum atomic E-state index is 13.0. The number of hydrogen-bond acceptors (Lipinski definition) is 4. The second-order valence-corrected chi connectivity index (χ2v) is 3.45. The molecule has 88 valence electrons. The summed E-state index contributed by atoms with van der Waals surface area (Å²) < 4.78 is 13.0. The zero-order valence-electron chi connectivity index (χ0n) is 8.19. The van der Waals surface area contributed by atoms with E-state index in [0.29, 0.717) is 0 Å². The molecule has 0 aliphatic heterocycles. The van der Waals surface area contributed by atoms with Gasteiger partial charge in [-0.05, 0) is 6.07 Å². The van der Waals surface area contributed by atoms with Crippen molar-refractivity contribution in [3.8, 4) is 0 Å². The van der Waals surface area contributed by atoms with Crippen molar-refractivity contribution >= 4 is 23.0 Å². The van der Waals surface area contributed by atoms with E-state index in [1.807, 2.05) is 0 Å². The van der Waals surface area contributed by atoms with Crippen molar-refractivity contribution in [2.75, 3.05) is 17.7 Å². The highest BCUT2D eigenvalue weighted by molar-refractivity contribution is 6.18. The lowest BCUT2D eigenvalue weighted by atomic mass is 10.2. The fourth-order valence-electron chi connectivity index (χ4n) is 1.07. The van der Waals surface area contributed by atoms with Crippen molar-refractivity contribution < 1.29 is 14.4 Å². The summed E-state index contributed by atoms with van der Waals surface area (Å²) >= 11 is 5.36. The van der Waals surface area contributed by atoms with Gasteiger partial charge < -0.3 is 10.4 Å². The zero-order valence-corrected chi connectivity index (χ0v) is 8.95. The number of rotatable bonds is 5. The lowest BCUT2D eigenvalue weighted by Gasteiger charge is -2.09. The lowest BCUT2D eigenvalue weighted by Crippen LogP contribution is -2.20. The highest BCUT2D eigenvalue weighted by Gasteiger charge is 2.10. The molecule has 0 fully saturated rings. The molecule has 16 heavy (non-hydrogen) atoms. The third-order valence-corrected chi connectivity index (χ3v) is 2.17. The van der Waals surface area contributed by atoms with E-state index in [0.717, 1.165) is 12.1 Å². The van der Waals surface area contributed by atoms with Crippen LogP contribution in [0.4, 0.5) is 15.8 Å². The highest BCUT2D eigenvalue weighted by atomic mass is 35.5. The molecule has 0 radical (unpaired) electrons. The van der Waals surface area contributed by atoms with Crippen molar-refractivity contribution in [3.63, 3.8) is 0 Å². The van der Waals surface area contributed by atoms with Crippen molar-refractivity contribution in [3.05, 3.63) is 34.1 Å². The molecule has 0 spiro atoms. The van der Waals surface area contributed by atoms with Crippen molar-refractivity contribution in [1.29, 1.82) is 0 Å². The van der Waals surface area contributed by atoms with E-state index in [1.54, 1.807) is 0 Å². The maximum absolute atomic E-state index is 13.0. The molecule has 1 unspecified atom stereocenters. The summed E-state index contributed by atoms with van der Waals surface area (Å²) in [6.07, 6.45) is -0.788. The fourth-order valence-corrected chi connectivity index (χ4v) is 1.18. The van der Waals surface area contributed by atoms with Crippen LogP contribution in [0.1, 0.15) is 0 Å². The molecule has 0 aromatic heterocycles. The van der Waals surface area contributed by atoms with Gasteiger partial charge in [-0.2, -0.15) is 0 Å². The molecule has 0 aliphatic rings. The second kappa shape index (κ2) is 5.62. The van der Waals surface area contributed by atoms with Gasteiger partial charge in [0.2, 0.25) is 0 Å².